The van der Waals surface area contributed by atoms with Gasteiger partial charge in [-0.3, -0.25) is 9.69 Å². The van der Waals surface area contributed by atoms with E-state index in [0.29, 0.717) is 6.54 Å². The highest BCUT2D eigenvalue weighted by Gasteiger charge is 2.26. The molecule has 0 bridgehead atoms. The van der Waals surface area contributed by atoms with Gasteiger partial charge in [0.2, 0.25) is 5.91 Å². The molecule has 0 saturated carbocycles. The number of likely N-dealkylation sites (tertiary alicyclic amines) is 1. The van der Waals surface area contributed by atoms with E-state index in [9.17, 15) is 4.79 Å². The molecule has 2 rings (SSSR count). The summed E-state index contributed by atoms with van der Waals surface area (Å²) >= 11 is 0. The second-order valence-corrected chi connectivity index (χ2v) is 4.37. The standard InChI is InChI=1S/C13H18N2O2/c1-17-11-5-2-4-10(8-11)12-6-3-7-15(12)9-13(14)16/h2,4-5,8,12H,3,6-7,9H2,1H3,(H2,14,16)/t12-/m0/s1. The van der Waals surface area contributed by atoms with Gasteiger partial charge >= 0.3 is 0 Å². The number of nitrogens with two attached hydrogens (primary N) is 1. The lowest BCUT2D eigenvalue weighted by molar-refractivity contribution is -0.119. The number of carbonyl (C=O) groups is 1. The molecule has 1 heterocycles. The molecular formula is C13H18N2O2. The molecule has 92 valence electrons. The number of methoxy groups -OCH3 is 1. The summed E-state index contributed by atoms with van der Waals surface area (Å²) in [6.07, 6.45) is 2.18. The number of ether oxygens (including phenoxy) is 1. The zero-order chi connectivity index (χ0) is 12.3. The Morgan fingerprint density at radius 3 is 3.12 bits per heavy atom. The van der Waals surface area contributed by atoms with Crippen LogP contribution >= 0.6 is 0 Å². The molecule has 1 saturated heterocycles. The molecular weight excluding hydrogens is 216 g/mol. The second kappa shape index (κ2) is 5.19. The number of hydrogen-bond donors (Lipinski definition) is 1. The van der Waals surface area contributed by atoms with E-state index in [1.807, 2.05) is 18.2 Å². The van der Waals surface area contributed by atoms with Gasteiger partial charge in [0.25, 0.3) is 0 Å². The molecule has 1 atom stereocenters. The minimum absolute atomic E-state index is 0.264. The highest BCUT2D eigenvalue weighted by Crippen LogP contribution is 2.32. The van der Waals surface area contributed by atoms with E-state index in [-0.39, 0.29) is 11.9 Å². The zero-order valence-electron chi connectivity index (χ0n) is 10.1. The predicted molar refractivity (Wildman–Crippen MR) is 65.7 cm³/mol. The maximum absolute atomic E-state index is 11.0. The van der Waals surface area contributed by atoms with Crippen molar-refractivity contribution in [1.82, 2.24) is 4.90 Å². The minimum Gasteiger partial charge on any atom is -0.497 e. The van der Waals surface area contributed by atoms with Gasteiger partial charge in [-0.25, -0.2) is 0 Å². The first kappa shape index (κ1) is 11.9. The fourth-order valence-corrected chi connectivity index (χ4v) is 2.44. The molecule has 4 heteroatoms. The molecule has 4 nitrogen and oxygen atoms in total. The molecule has 1 fully saturated rings. The Bertz CT molecular complexity index is 406. The van der Waals surface area contributed by atoms with Crippen LogP contribution < -0.4 is 10.5 Å². The summed E-state index contributed by atoms with van der Waals surface area (Å²) in [6, 6.07) is 8.31. The summed E-state index contributed by atoms with van der Waals surface area (Å²) in [5.74, 6) is 0.591. The minimum atomic E-state index is -0.264. The molecule has 0 radical (unpaired) electrons. The number of carbonyl (C=O) groups excluding carboxylic acids is 1. The van der Waals surface area contributed by atoms with Crippen LogP contribution in [0.3, 0.4) is 0 Å². The van der Waals surface area contributed by atoms with Crippen molar-refractivity contribution >= 4 is 5.91 Å². The second-order valence-electron chi connectivity index (χ2n) is 4.37. The fourth-order valence-electron chi connectivity index (χ4n) is 2.44. The van der Waals surface area contributed by atoms with Crippen LogP contribution in [0.1, 0.15) is 24.4 Å². The van der Waals surface area contributed by atoms with Crippen LogP contribution in [-0.4, -0.2) is 31.0 Å². The summed E-state index contributed by atoms with van der Waals surface area (Å²) in [5, 5.41) is 0. The maximum Gasteiger partial charge on any atom is 0.231 e. The van der Waals surface area contributed by atoms with Crippen molar-refractivity contribution in [3.8, 4) is 5.75 Å². The van der Waals surface area contributed by atoms with E-state index in [4.69, 9.17) is 10.5 Å². The molecule has 0 aromatic heterocycles. The van der Waals surface area contributed by atoms with Crippen molar-refractivity contribution in [3.05, 3.63) is 29.8 Å². The SMILES string of the molecule is COc1cccc([C@@H]2CCCN2CC(N)=O)c1. The van der Waals surface area contributed by atoms with Gasteiger partial charge in [0.15, 0.2) is 0 Å². The Balaban J connectivity index is 2.16. The first-order valence-corrected chi connectivity index (χ1v) is 5.87. The van der Waals surface area contributed by atoms with E-state index in [2.05, 4.69) is 11.0 Å². The average molecular weight is 234 g/mol. The molecule has 17 heavy (non-hydrogen) atoms. The number of nitrogens with zero attached hydrogens (tertiary/aromatic N) is 1. The van der Waals surface area contributed by atoms with Gasteiger partial charge in [0, 0.05) is 6.04 Å². The average Bonchev–Trinajstić information content (AvgIpc) is 2.76. The van der Waals surface area contributed by atoms with E-state index < -0.39 is 0 Å². The largest absolute Gasteiger partial charge is 0.497 e. The summed E-state index contributed by atoms with van der Waals surface area (Å²) in [7, 11) is 1.66. The van der Waals surface area contributed by atoms with E-state index in [1.165, 1.54) is 5.56 Å². The molecule has 1 aliphatic heterocycles. The van der Waals surface area contributed by atoms with Crippen molar-refractivity contribution in [2.24, 2.45) is 5.73 Å². The molecule has 1 aliphatic rings. The van der Waals surface area contributed by atoms with Gasteiger partial charge in [0.05, 0.1) is 13.7 Å². The van der Waals surface area contributed by atoms with Crippen molar-refractivity contribution in [1.29, 1.82) is 0 Å². The van der Waals surface area contributed by atoms with Crippen LogP contribution in [-0.2, 0) is 4.79 Å². The number of amides is 1. The van der Waals surface area contributed by atoms with E-state index in [1.54, 1.807) is 7.11 Å². The van der Waals surface area contributed by atoms with Crippen molar-refractivity contribution < 1.29 is 9.53 Å². The van der Waals surface area contributed by atoms with Crippen molar-refractivity contribution in [3.63, 3.8) is 0 Å². The summed E-state index contributed by atoms with van der Waals surface area (Å²) in [5.41, 5.74) is 6.46. The fraction of sp³-hybridized carbons (Fsp3) is 0.462. The smallest absolute Gasteiger partial charge is 0.231 e. The summed E-state index contributed by atoms with van der Waals surface area (Å²) in [4.78, 5) is 13.1. The zero-order valence-corrected chi connectivity index (χ0v) is 10.1. The topological polar surface area (TPSA) is 55.6 Å². The molecule has 1 aromatic rings. The van der Waals surface area contributed by atoms with Crippen LogP contribution in [0.4, 0.5) is 0 Å². The third-order valence-corrected chi connectivity index (χ3v) is 3.20. The lowest BCUT2D eigenvalue weighted by Gasteiger charge is -2.23. The highest BCUT2D eigenvalue weighted by atomic mass is 16.5. The number of benzene rings is 1. The number of hydrogen-bond acceptors (Lipinski definition) is 3. The molecule has 1 amide bonds. The first-order chi connectivity index (χ1) is 8.20. The van der Waals surface area contributed by atoms with Crippen LogP contribution in [0.25, 0.3) is 0 Å². The van der Waals surface area contributed by atoms with Gasteiger partial charge in [-0.1, -0.05) is 12.1 Å². The number of primary amides is 1. The van der Waals surface area contributed by atoms with Crippen molar-refractivity contribution in [2.45, 2.75) is 18.9 Å². The van der Waals surface area contributed by atoms with E-state index >= 15 is 0 Å². The Morgan fingerprint density at radius 1 is 1.59 bits per heavy atom. The molecule has 0 spiro atoms. The van der Waals surface area contributed by atoms with E-state index in [0.717, 1.165) is 25.1 Å². The van der Waals surface area contributed by atoms with Gasteiger partial charge in [-0.15, -0.1) is 0 Å². The van der Waals surface area contributed by atoms with Crippen LogP contribution in [0.5, 0.6) is 5.75 Å². The lowest BCUT2D eigenvalue weighted by Crippen LogP contribution is -2.33. The molecule has 1 aromatic carbocycles. The van der Waals surface area contributed by atoms with Crippen LogP contribution in [0.15, 0.2) is 24.3 Å². The Hall–Kier alpha value is -1.55. The highest BCUT2D eigenvalue weighted by molar-refractivity contribution is 5.76. The Labute approximate surface area is 101 Å². The van der Waals surface area contributed by atoms with Crippen LogP contribution in [0, 0.1) is 0 Å². The molecule has 0 unspecified atom stereocenters. The quantitative estimate of drug-likeness (QED) is 0.854. The lowest BCUT2D eigenvalue weighted by atomic mass is 10.0. The Morgan fingerprint density at radius 2 is 2.41 bits per heavy atom. The van der Waals surface area contributed by atoms with Gasteiger partial charge in [0.1, 0.15) is 5.75 Å². The third kappa shape index (κ3) is 2.77. The normalized spacial score (nSPS) is 20.4. The number of rotatable bonds is 4. The Kier molecular flexibility index (Phi) is 3.64. The third-order valence-electron chi connectivity index (χ3n) is 3.20. The first-order valence-electron chi connectivity index (χ1n) is 5.87. The molecule has 2 N–H and O–H groups in total. The van der Waals surface area contributed by atoms with Crippen LogP contribution in [0.2, 0.25) is 0 Å². The summed E-state index contributed by atoms with van der Waals surface area (Å²) < 4.78 is 5.22. The summed E-state index contributed by atoms with van der Waals surface area (Å²) in [6.45, 7) is 1.27. The molecule has 0 aliphatic carbocycles. The predicted octanol–water partition coefficient (Wildman–Crippen LogP) is 1.32. The maximum atomic E-state index is 11.0. The van der Waals surface area contributed by atoms with Crippen molar-refractivity contribution in [2.75, 3.05) is 20.2 Å². The van der Waals surface area contributed by atoms with Gasteiger partial charge < -0.3 is 10.5 Å². The van der Waals surface area contributed by atoms with Gasteiger partial charge in [-0.05, 0) is 37.1 Å². The van der Waals surface area contributed by atoms with Gasteiger partial charge in [-0.2, -0.15) is 0 Å². The monoisotopic (exact) mass is 234 g/mol.